The third-order valence-electron chi connectivity index (χ3n) is 3.43. The van der Waals surface area contributed by atoms with Crippen molar-refractivity contribution in [3.05, 3.63) is 29.8 Å². The molecule has 1 atom stereocenters. The summed E-state index contributed by atoms with van der Waals surface area (Å²) in [6.07, 6.45) is 0.332. The Hall–Kier alpha value is -1.93. The number of anilines is 1. The molecule has 114 valence electrons. The predicted molar refractivity (Wildman–Crippen MR) is 76.3 cm³/mol. The number of nitrogens with zero attached hydrogens (tertiary/aromatic N) is 1. The van der Waals surface area contributed by atoms with Crippen molar-refractivity contribution < 1.29 is 23.1 Å². The predicted octanol–water partition coefficient (Wildman–Crippen LogP) is 0.0976. The van der Waals surface area contributed by atoms with Gasteiger partial charge in [0.1, 0.15) is 5.25 Å². The van der Waals surface area contributed by atoms with Crippen molar-refractivity contribution in [3.8, 4) is 0 Å². The zero-order valence-corrected chi connectivity index (χ0v) is 12.0. The second kappa shape index (κ2) is 5.82. The summed E-state index contributed by atoms with van der Waals surface area (Å²) < 4.78 is 22.6. The number of nitrogens with two attached hydrogens (primary N) is 1. The third kappa shape index (κ3) is 3.79. The zero-order valence-electron chi connectivity index (χ0n) is 11.2. The van der Waals surface area contributed by atoms with Gasteiger partial charge >= 0.3 is 5.97 Å². The lowest BCUT2D eigenvalue weighted by atomic mass is 10.1. The lowest BCUT2D eigenvalue weighted by molar-refractivity contribution is -0.137. The Morgan fingerprint density at radius 2 is 1.95 bits per heavy atom. The van der Waals surface area contributed by atoms with Gasteiger partial charge in [-0.05, 0) is 24.1 Å². The average Bonchev–Trinajstić information content (AvgIpc) is 2.79. The number of rotatable bonds is 5. The summed E-state index contributed by atoms with van der Waals surface area (Å²) in [6.45, 7) is 0.0478. The van der Waals surface area contributed by atoms with E-state index in [0.717, 1.165) is 5.56 Å². The number of aryl methyl sites for hydroxylation is 1. The summed E-state index contributed by atoms with van der Waals surface area (Å²) in [6, 6.07) is 6.83. The van der Waals surface area contributed by atoms with E-state index in [1.165, 1.54) is 4.90 Å². The summed E-state index contributed by atoms with van der Waals surface area (Å²) in [5.74, 6) is -1.16. The molecule has 1 amide bonds. The van der Waals surface area contributed by atoms with E-state index in [4.69, 9.17) is 10.2 Å². The van der Waals surface area contributed by atoms with Crippen LogP contribution in [-0.2, 0) is 26.0 Å². The zero-order chi connectivity index (χ0) is 15.6. The largest absolute Gasteiger partial charge is 0.481 e. The number of carboxylic acid groups (broad SMARTS) is 1. The van der Waals surface area contributed by atoms with E-state index >= 15 is 0 Å². The lowest BCUT2D eigenvalue weighted by Gasteiger charge is -2.16. The van der Waals surface area contributed by atoms with Crippen LogP contribution in [0.2, 0.25) is 0 Å². The molecule has 1 aliphatic rings. The van der Waals surface area contributed by atoms with E-state index in [2.05, 4.69) is 0 Å². The molecular weight excluding hydrogens is 296 g/mol. The Morgan fingerprint density at radius 1 is 1.33 bits per heavy atom. The molecule has 0 aliphatic carbocycles. The molecule has 0 spiro atoms. The number of hydrogen-bond acceptors (Lipinski definition) is 4. The minimum Gasteiger partial charge on any atom is -0.481 e. The molecule has 7 nitrogen and oxygen atoms in total. The minimum atomic E-state index is -3.73. The monoisotopic (exact) mass is 312 g/mol. The Labute approximate surface area is 122 Å². The van der Waals surface area contributed by atoms with E-state index in [1.807, 2.05) is 0 Å². The first kappa shape index (κ1) is 15.5. The molecular formula is C13H16N2O5S. The number of carbonyl (C=O) groups is 2. The number of aliphatic carboxylic acids is 1. The van der Waals surface area contributed by atoms with Crippen molar-refractivity contribution in [2.75, 3.05) is 11.4 Å². The fraction of sp³-hybridized carbons (Fsp3) is 0.385. The molecule has 1 fully saturated rings. The van der Waals surface area contributed by atoms with Crippen molar-refractivity contribution in [2.45, 2.75) is 24.5 Å². The molecule has 2 rings (SSSR count). The van der Waals surface area contributed by atoms with Gasteiger partial charge in [0.25, 0.3) is 0 Å². The standard InChI is InChI=1S/C13H16N2O5S/c14-21(19,20)11-7-12(16)15(8-11)10-4-1-9(2-5-10)3-6-13(17)18/h1-2,4-5,11H,3,6-8H2,(H,17,18)(H2,14,19,20). The SMILES string of the molecule is NS(=O)(=O)C1CC(=O)N(c2ccc(CCC(=O)O)cc2)C1. The summed E-state index contributed by atoms with van der Waals surface area (Å²) in [5.41, 5.74) is 1.43. The molecule has 0 bridgehead atoms. The molecule has 0 radical (unpaired) electrons. The number of primary sulfonamides is 1. The van der Waals surface area contributed by atoms with Gasteiger partial charge < -0.3 is 10.0 Å². The summed E-state index contributed by atoms with van der Waals surface area (Å²) in [5, 5.41) is 12.8. The molecule has 1 heterocycles. The van der Waals surface area contributed by atoms with Gasteiger partial charge in [0.2, 0.25) is 15.9 Å². The first-order valence-corrected chi connectivity index (χ1v) is 8.01. The second-order valence-corrected chi connectivity index (χ2v) is 6.82. The van der Waals surface area contributed by atoms with Crippen molar-refractivity contribution >= 4 is 27.6 Å². The van der Waals surface area contributed by atoms with Crippen LogP contribution in [0.5, 0.6) is 0 Å². The van der Waals surface area contributed by atoms with Crippen LogP contribution in [0.3, 0.4) is 0 Å². The number of amides is 1. The van der Waals surface area contributed by atoms with Gasteiger partial charge in [-0.1, -0.05) is 12.1 Å². The smallest absolute Gasteiger partial charge is 0.303 e. The van der Waals surface area contributed by atoms with Gasteiger partial charge in [-0.15, -0.1) is 0 Å². The van der Waals surface area contributed by atoms with Gasteiger partial charge in [-0.2, -0.15) is 0 Å². The maximum absolute atomic E-state index is 11.9. The van der Waals surface area contributed by atoms with Gasteiger partial charge in [0.05, 0.1) is 0 Å². The highest BCUT2D eigenvalue weighted by molar-refractivity contribution is 7.89. The Balaban J connectivity index is 2.09. The number of hydrogen-bond donors (Lipinski definition) is 2. The maximum Gasteiger partial charge on any atom is 0.303 e. The van der Waals surface area contributed by atoms with Gasteiger partial charge in [-0.25, -0.2) is 13.6 Å². The molecule has 0 aromatic heterocycles. The molecule has 1 unspecified atom stereocenters. The molecule has 1 aliphatic heterocycles. The van der Waals surface area contributed by atoms with Gasteiger partial charge in [-0.3, -0.25) is 9.59 Å². The van der Waals surface area contributed by atoms with E-state index in [-0.39, 0.29) is 25.3 Å². The van der Waals surface area contributed by atoms with E-state index in [9.17, 15) is 18.0 Å². The fourth-order valence-electron chi connectivity index (χ4n) is 2.24. The molecule has 21 heavy (non-hydrogen) atoms. The second-order valence-electron chi connectivity index (χ2n) is 4.98. The highest BCUT2D eigenvalue weighted by atomic mass is 32.2. The summed E-state index contributed by atoms with van der Waals surface area (Å²) in [7, 11) is -3.73. The molecule has 1 saturated heterocycles. The topological polar surface area (TPSA) is 118 Å². The van der Waals surface area contributed by atoms with Crippen LogP contribution in [0.15, 0.2) is 24.3 Å². The summed E-state index contributed by atoms with van der Waals surface area (Å²) in [4.78, 5) is 23.7. The van der Waals surface area contributed by atoms with Crippen LogP contribution in [-0.4, -0.2) is 37.2 Å². The number of carboxylic acids is 1. The Morgan fingerprint density at radius 3 is 2.43 bits per heavy atom. The number of benzene rings is 1. The Kier molecular flexibility index (Phi) is 4.29. The van der Waals surface area contributed by atoms with Gasteiger partial charge in [0, 0.05) is 25.1 Å². The highest BCUT2D eigenvalue weighted by Gasteiger charge is 2.37. The van der Waals surface area contributed by atoms with Crippen LogP contribution in [0.25, 0.3) is 0 Å². The maximum atomic E-state index is 11.9. The molecule has 1 aromatic rings. The molecule has 3 N–H and O–H groups in total. The van der Waals surface area contributed by atoms with Crippen LogP contribution in [0.1, 0.15) is 18.4 Å². The molecule has 0 saturated carbocycles. The molecule has 8 heteroatoms. The van der Waals surface area contributed by atoms with E-state index in [1.54, 1.807) is 24.3 Å². The average molecular weight is 312 g/mol. The third-order valence-corrected chi connectivity index (χ3v) is 4.67. The van der Waals surface area contributed by atoms with Crippen LogP contribution < -0.4 is 10.0 Å². The van der Waals surface area contributed by atoms with E-state index in [0.29, 0.717) is 12.1 Å². The van der Waals surface area contributed by atoms with Crippen LogP contribution in [0.4, 0.5) is 5.69 Å². The van der Waals surface area contributed by atoms with Crippen molar-refractivity contribution in [1.29, 1.82) is 0 Å². The number of sulfonamides is 1. The van der Waals surface area contributed by atoms with Gasteiger partial charge in [0.15, 0.2) is 0 Å². The Bertz CT molecular complexity index is 654. The van der Waals surface area contributed by atoms with Crippen LogP contribution >= 0.6 is 0 Å². The number of carbonyl (C=O) groups excluding carboxylic acids is 1. The highest BCUT2D eigenvalue weighted by Crippen LogP contribution is 2.24. The fourth-order valence-corrected chi connectivity index (χ4v) is 2.97. The normalized spacial score (nSPS) is 19.0. The van der Waals surface area contributed by atoms with Crippen LogP contribution in [0, 0.1) is 0 Å². The van der Waals surface area contributed by atoms with Crippen molar-refractivity contribution in [3.63, 3.8) is 0 Å². The van der Waals surface area contributed by atoms with Crippen molar-refractivity contribution in [2.24, 2.45) is 5.14 Å². The first-order valence-electron chi connectivity index (χ1n) is 6.40. The minimum absolute atomic E-state index is 0.0372. The molecule has 1 aromatic carbocycles. The van der Waals surface area contributed by atoms with Crippen molar-refractivity contribution in [1.82, 2.24) is 0 Å². The lowest BCUT2D eigenvalue weighted by Crippen LogP contribution is -2.32. The van der Waals surface area contributed by atoms with E-state index < -0.39 is 21.2 Å². The summed E-state index contributed by atoms with van der Waals surface area (Å²) >= 11 is 0. The first-order chi connectivity index (χ1) is 9.77. The quantitative estimate of drug-likeness (QED) is 0.799.